The first-order chi connectivity index (χ1) is 8.56. The van der Waals surface area contributed by atoms with Gasteiger partial charge in [0.2, 0.25) is 10.0 Å². The van der Waals surface area contributed by atoms with E-state index < -0.39 is 10.0 Å². The van der Waals surface area contributed by atoms with E-state index in [0.29, 0.717) is 10.8 Å². The number of nitrogens with one attached hydrogen (secondary N) is 1. The highest BCUT2D eigenvalue weighted by molar-refractivity contribution is 7.89. The summed E-state index contributed by atoms with van der Waals surface area (Å²) in [6, 6.07) is 6.98. The molecule has 3 atom stereocenters. The molecule has 0 bridgehead atoms. The second-order valence-electron chi connectivity index (χ2n) is 5.14. The lowest BCUT2D eigenvalue weighted by molar-refractivity contribution is 0.0143. The Morgan fingerprint density at radius 2 is 2.00 bits per heavy atom. The number of aryl methyl sites for hydroxylation is 1. The summed E-state index contributed by atoms with van der Waals surface area (Å²) in [5.41, 5.74) is 1.06. The van der Waals surface area contributed by atoms with Crippen LogP contribution in [0.2, 0.25) is 0 Å². The highest BCUT2D eigenvalue weighted by atomic mass is 32.2. The summed E-state index contributed by atoms with van der Waals surface area (Å²) in [5.74, 6) is 0.366. The summed E-state index contributed by atoms with van der Waals surface area (Å²) in [6.45, 7) is 2.70. The zero-order chi connectivity index (χ0) is 12.8. The van der Waals surface area contributed by atoms with Gasteiger partial charge >= 0.3 is 0 Å². The summed E-state index contributed by atoms with van der Waals surface area (Å²) < 4.78 is 32.6. The molecule has 2 fully saturated rings. The van der Waals surface area contributed by atoms with Gasteiger partial charge in [-0.15, -0.1) is 0 Å². The quantitative estimate of drug-likeness (QED) is 0.902. The Balaban J connectivity index is 1.73. The minimum Gasteiger partial charge on any atom is -0.378 e. The molecular formula is C13H17NO3S. The largest absolute Gasteiger partial charge is 0.378 e. The maximum absolute atomic E-state index is 12.2. The Kier molecular flexibility index (Phi) is 2.92. The van der Waals surface area contributed by atoms with E-state index >= 15 is 0 Å². The third kappa shape index (κ3) is 2.06. The normalized spacial score (nSPS) is 30.8. The zero-order valence-electron chi connectivity index (χ0n) is 10.3. The van der Waals surface area contributed by atoms with Gasteiger partial charge in [-0.2, -0.15) is 0 Å². The maximum atomic E-state index is 12.2. The fourth-order valence-electron chi connectivity index (χ4n) is 2.72. The average Bonchev–Trinajstić information content (AvgIpc) is 2.68. The molecule has 0 spiro atoms. The fourth-order valence-corrected chi connectivity index (χ4v) is 4.02. The summed E-state index contributed by atoms with van der Waals surface area (Å²) in [7, 11) is -3.38. The molecule has 1 heterocycles. The number of fused-ring (bicyclic) bond motifs is 1. The van der Waals surface area contributed by atoms with E-state index in [9.17, 15) is 8.42 Å². The molecule has 1 N–H and O–H groups in total. The van der Waals surface area contributed by atoms with Gasteiger partial charge in [-0.05, 0) is 31.9 Å². The molecule has 1 aliphatic heterocycles. The molecule has 1 saturated carbocycles. The highest BCUT2D eigenvalue weighted by Crippen LogP contribution is 2.39. The lowest BCUT2D eigenvalue weighted by atomic mass is 9.77. The van der Waals surface area contributed by atoms with E-state index in [4.69, 9.17) is 4.74 Å². The van der Waals surface area contributed by atoms with Gasteiger partial charge in [-0.1, -0.05) is 17.7 Å². The van der Waals surface area contributed by atoms with Crippen LogP contribution in [0.3, 0.4) is 0 Å². The second kappa shape index (κ2) is 4.33. The van der Waals surface area contributed by atoms with Crippen molar-refractivity contribution in [3.63, 3.8) is 0 Å². The van der Waals surface area contributed by atoms with Crippen LogP contribution in [0.4, 0.5) is 0 Å². The van der Waals surface area contributed by atoms with E-state index in [1.807, 2.05) is 19.1 Å². The van der Waals surface area contributed by atoms with Crippen LogP contribution in [-0.4, -0.2) is 27.2 Å². The lowest BCUT2D eigenvalue weighted by Crippen LogP contribution is -2.53. The zero-order valence-corrected chi connectivity index (χ0v) is 11.1. The SMILES string of the molecule is Cc1ccc(S(=O)(=O)N[C@H]2C[C@@H]3OCC[C@H]23)cc1. The van der Waals surface area contributed by atoms with E-state index in [1.54, 1.807) is 12.1 Å². The molecular weight excluding hydrogens is 250 g/mol. The first-order valence-electron chi connectivity index (χ1n) is 6.27. The molecule has 0 unspecified atom stereocenters. The van der Waals surface area contributed by atoms with Gasteiger partial charge in [0.25, 0.3) is 0 Å². The summed E-state index contributed by atoms with van der Waals surface area (Å²) in [5, 5.41) is 0. The van der Waals surface area contributed by atoms with Crippen molar-refractivity contribution in [2.45, 2.75) is 36.8 Å². The fraction of sp³-hybridized carbons (Fsp3) is 0.538. The molecule has 0 amide bonds. The molecule has 4 nitrogen and oxygen atoms in total. The molecule has 0 radical (unpaired) electrons. The van der Waals surface area contributed by atoms with Crippen LogP contribution in [0, 0.1) is 12.8 Å². The Morgan fingerprint density at radius 1 is 1.28 bits per heavy atom. The molecule has 3 rings (SSSR count). The predicted molar refractivity (Wildman–Crippen MR) is 67.8 cm³/mol. The first kappa shape index (κ1) is 12.1. The number of benzene rings is 1. The number of hydrogen-bond donors (Lipinski definition) is 1. The van der Waals surface area contributed by atoms with E-state index in [0.717, 1.165) is 25.0 Å². The van der Waals surface area contributed by atoms with Crippen LogP contribution in [-0.2, 0) is 14.8 Å². The molecule has 2 aliphatic rings. The van der Waals surface area contributed by atoms with Crippen LogP contribution in [0.5, 0.6) is 0 Å². The summed E-state index contributed by atoms with van der Waals surface area (Å²) >= 11 is 0. The third-order valence-corrected chi connectivity index (χ3v) is 5.41. The van der Waals surface area contributed by atoms with Crippen molar-refractivity contribution in [1.82, 2.24) is 4.72 Å². The van der Waals surface area contributed by atoms with Crippen LogP contribution < -0.4 is 4.72 Å². The predicted octanol–water partition coefficient (Wildman–Crippen LogP) is 1.45. The van der Waals surface area contributed by atoms with E-state index in [1.165, 1.54) is 0 Å². The number of rotatable bonds is 3. The van der Waals surface area contributed by atoms with Crippen LogP contribution in [0.15, 0.2) is 29.2 Å². The van der Waals surface area contributed by atoms with Crippen LogP contribution in [0.25, 0.3) is 0 Å². The molecule has 1 saturated heterocycles. The van der Waals surface area contributed by atoms with Crippen molar-refractivity contribution in [3.8, 4) is 0 Å². The molecule has 0 aromatic heterocycles. The van der Waals surface area contributed by atoms with E-state index in [2.05, 4.69) is 4.72 Å². The van der Waals surface area contributed by atoms with Crippen LogP contribution in [0.1, 0.15) is 18.4 Å². The maximum Gasteiger partial charge on any atom is 0.240 e. The number of ether oxygens (including phenoxy) is 1. The monoisotopic (exact) mass is 267 g/mol. The molecule has 1 aromatic carbocycles. The summed E-state index contributed by atoms with van der Waals surface area (Å²) in [4.78, 5) is 0.343. The number of sulfonamides is 1. The van der Waals surface area contributed by atoms with Crippen molar-refractivity contribution in [1.29, 1.82) is 0 Å². The molecule has 5 heteroatoms. The van der Waals surface area contributed by atoms with Crippen molar-refractivity contribution in [3.05, 3.63) is 29.8 Å². The minimum atomic E-state index is -3.38. The Morgan fingerprint density at radius 3 is 2.67 bits per heavy atom. The van der Waals surface area contributed by atoms with Gasteiger partial charge in [0, 0.05) is 18.6 Å². The smallest absolute Gasteiger partial charge is 0.240 e. The molecule has 18 heavy (non-hydrogen) atoms. The third-order valence-electron chi connectivity index (χ3n) is 3.90. The Hall–Kier alpha value is -0.910. The standard InChI is InChI=1S/C13H17NO3S/c1-9-2-4-10(5-3-9)18(15,16)14-12-8-13-11(12)6-7-17-13/h2-5,11-14H,6-8H2,1H3/t11-,12+,13+/m1/s1. The van der Waals surface area contributed by atoms with Gasteiger partial charge < -0.3 is 4.74 Å². The molecule has 1 aliphatic carbocycles. The minimum absolute atomic E-state index is 0.0452. The Labute approximate surface area is 107 Å². The highest BCUT2D eigenvalue weighted by Gasteiger charge is 2.46. The molecule has 1 aromatic rings. The van der Waals surface area contributed by atoms with Crippen molar-refractivity contribution >= 4 is 10.0 Å². The van der Waals surface area contributed by atoms with Gasteiger partial charge in [0.05, 0.1) is 11.0 Å². The van der Waals surface area contributed by atoms with Gasteiger partial charge in [0.1, 0.15) is 0 Å². The second-order valence-corrected chi connectivity index (χ2v) is 6.85. The lowest BCUT2D eigenvalue weighted by Gasteiger charge is -2.39. The molecule has 98 valence electrons. The summed E-state index contributed by atoms with van der Waals surface area (Å²) in [6.07, 6.45) is 2.04. The van der Waals surface area contributed by atoms with Crippen LogP contribution >= 0.6 is 0 Å². The van der Waals surface area contributed by atoms with Gasteiger partial charge in [0.15, 0.2) is 0 Å². The van der Waals surface area contributed by atoms with E-state index in [-0.39, 0.29) is 12.1 Å². The first-order valence-corrected chi connectivity index (χ1v) is 7.75. The van der Waals surface area contributed by atoms with Gasteiger partial charge in [-0.3, -0.25) is 0 Å². The average molecular weight is 267 g/mol. The van der Waals surface area contributed by atoms with Crippen molar-refractivity contribution in [2.24, 2.45) is 5.92 Å². The van der Waals surface area contributed by atoms with Crippen molar-refractivity contribution < 1.29 is 13.2 Å². The topological polar surface area (TPSA) is 55.4 Å². The van der Waals surface area contributed by atoms with Gasteiger partial charge in [-0.25, -0.2) is 13.1 Å². The number of hydrogen-bond acceptors (Lipinski definition) is 3. The Bertz CT molecular complexity index is 538. The van der Waals surface area contributed by atoms with Crippen molar-refractivity contribution in [2.75, 3.05) is 6.61 Å².